The first-order valence-electron chi connectivity index (χ1n) is 9.28. The van der Waals surface area contributed by atoms with Crippen LogP contribution in [0.15, 0.2) is 54.6 Å². The number of nitrogens with zero attached hydrogens (tertiary/aromatic N) is 2. The normalized spacial score (nSPS) is 16.3. The van der Waals surface area contributed by atoms with Crippen molar-refractivity contribution in [2.24, 2.45) is 0 Å². The highest BCUT2D eigenvalue weighted by Gasteiger charge is 2.27. The van der Waals surface area contributed by atoms with Crippen LogP contribution >= 0.6 is 0 Å². The van der Waals surface area contributed by atoms with Crippen molar-refractivity contribution in [1.29, 1.82) is 0 Å². The molecule has 0 saturated carbocycles. The lowest BCUT2D eigenvalue weighted by molar-refractivity contribution is -0.136. The predicted molar refractivity (Wildman–Crippen MR) is 103 cm³/mol. The lowest BCUT2D eigenvalue weighted by Gasteiger charge is -2.23. The van der Waals surface area contributed by atoms with Crippen molar-refractivity contribution in [3.63, 3.8) is 0 Å². The van der Waals surface area contributed by atoms with Gasteiger partial charge in [0.2, 0.25) is 12.1 Å². The van der Waals surface area contributed by atoms with Gasteiger partial charge in [-0.1, -0.05) is 30.3 Å². The van der Waals surface area contributed by atoms with Gasteiger partial charge in [-0.25, -0.2) is 8.78 Å². The minimum absolute atomic E-state index is 0.164. The van der Waals surface area contributed by atoms with Crippen LogP contribution in [0.25, 0.3) is 0 Å². The second kappa shape index (κ2) is 9.41. The molecule has 1 atom stereocenters. The summed E-state index contributed by atoms with van der Waals surface area (Å²) < 4.78 is 27.5. The van der Waals surface area contributed by atoms with Gasteiger partial charge in [-0.15, -0.1) is 0 Å². The van der Waals surface area contributed by atoms with Gasteiger partial charge in [-0.2, -0.15) is 0 Å². The number of carbonyl (C=O) groups is 2. The fraction of sp³-hybridized carbons (Fsp3) is 0.333. The van der Waals surface area contributed by atoms with Crippen molar-refractivity contribution in [3.05, 3.63) is 66.0 Å². The number of hydrogen-bond acceptors (Lipinski definition) is 3. The summed E-state index contributed by atoms with van der Waals surface area (Å²) in [5.74, 6) is -1.11. The quantitative estimate of drug-likeness (QED) is 0.858. The Kier molecular flexibility index (Phi) is 6.71. The van der Waals surface area contributed by atoms with E-state index in [0.29, 0.717) is 43.9 Å². The highest BCUT2D eigenvalue weighted by molar-refractivity contribution is 5.92. The molecular weight excluding hydrogens is 364 g/mol. The second-order valence-corrected chi connectivity index (χ2v) is 6.78. The zero-order valence-corrected chi connectivity index (χ0v) is 15.5. The molecule has 0 spiro atoms. The highest BCUT2D eigenvalue weighted by Crippen LogP contribution is 2.20. The standard InChI is InChI=1S/C21H23F2N3O2/c22-17-7-9-18(10-8-17)24-19(27)15-25-11-4-12-26(14-13-25)21(28)20(23)16-5-2-1-3-6-16/h1-3,5-10,20H,4,11-15H2,(H,24,27). The number of rotatable bonds is 5. The van der Waals surface area contributed by atoms with E-state index in [2.05, 4.69) is 5.32 Å². The molecule has 2 aromatic rings. The number of benzene rings is 2. The molecule has 0 aromatic heterocycles. The smallest absolute Gasteiger partial charge is 0.261 e. The first-order valence-corrected chi connectivity index (χ1v) is 9.28. The van der Waals surface area contributed by atoms with Crippen LogP contribution in [0.1, 0.15) is 18.2 Å². The van der Waals surface area contributed by atoms with Gasteiger partial charge in [0.1, 0.15) is 5.82 Å². The van der Waals surface area contributed by atoms with Crippen LogP contribution in [0.3, 0.4) is 0 Å². The van der Waals surface area contributed by atoms with Crippen molar-refractivity contribution >= 4 is 17.5 Å². The summed E-state index contributed by atoms with van der Waals surface area (Å²) in [6.45, 7) is 2.13. The molecule has 1 N–H and O–H groups in total. The average Bonchev–Trinajstić information content (AvgIpc) is 2.95. The molecular formula is C21H23F2N3O2. The number of alkyl halides is 1. The third-order valence-electron chi connectivity index (χ3n) is 4.70. The molecule has 2 amide bonds. The molecule has 2 aromatic carbocycles. The van der Waals surface area contributed by atoms with Gasteiger partial charge >= 0.3 is 0 Å². The average molecular weight is 387 g/mol. The van der Waals surface area contributed by atoms with E-state index in [9.17, 15) is 18.4 Å². The van der Waals surface area contributed by atoms with Crippen LogP contribution < -0.4 is 5.32 Å². The fourth-order valence-electron chi connectivity index (χ4n) is 3.21. The number of hydrogen-bond donors (Lipinski definition) is 1. The van der Waals surface area contributed by atoms with E-state index in [4.69, 9.17) is 0 Å². The fourth-order valence-corrected chi connectivity index (χ4v) is 3.21. The van der Waals surface area contributed by atoms with Crippen LogP contribution in [0.2, 0.25) is 0 Å². The Bertz CT molecular complexity index is 799. The second-order valence-electron chi connectivity index (χ2n) is 6.78. The molecule has 28 heavy (non-hydrogen) atoms. The largest absolute Gasteiger partial charge is 0.339 e. The summed E-state index contributed by atoms with van der Waals surface area (Å²) in [7, 11) is 0. The maximum absolute atomic E-state index is 14.5. The summed E-state index contributed by atoms with van der Waals surface area (Å²) in [6.07, 6.45) is -1.01. The molecule has 1 aliphatic rings. The molecule has 1 heterocycles. The van der Waals surface area contributed by atoms with Gasteiger partial charge in [0.15, 0.2) is 0 Å². The number of carbonyl (C=O) groups excluding carboxylic acids is 2. The van der Waals surface area contributed by atoms with Crippen molar-refractivity contribution in [2.45, 2.75) is 12.6 Å². The van der Waals surface area contributed by atoms with Gasteiger partial charge in [0, 0.05) is 31.9 Å². The number of amides is 2. The Morgan fingerprint density at radius 1 is 0.964 bits per heavy atom. The van der Waals surface area contributed by atoms with Crippen molar-refractivity contribution in [1.82, 2.24) is 9.80 Å². The van der Waals surface area contributed by atoms with Gasteiger partial charge in [0.05, 0.1) is 6.54 Å². The van der Waals surface area contributed by atoms with Gasteiger partial charge in [0.25, 0.3) is 5.91 Å². The Balaban J connectivity index is 1.51. The molecule has 1 saturated heterocycles. The maximum Gasteiger partial charge on any atom is 0.261 e. The van der Waals surface area contributed by atoms with Crippen LogP contribution in [0.5, 0.6) is 0 Å². The molecule has 5 nitrogen and oxygen atoms in total. The van der Waals surface area contributed by atoms with Gasteiger partial charge in [-0.05, 0) is 36.2 Å². The zero-order chi connectivity index (χ0) is 19.9. The zero-order valence-electron chi connectivity index (χ0n) is 15.5. The first-order chi connectivity index (χ1) is 13.5. The molecule has 1 aliphatic heterocycles. The maximum atomic E-state index is 14.5. The van der Waals surface area contributed by atoms with Gasteiger partial charge < -0.3 is 10.2 Å². The molecule has 1 fully saturated rings. The SMILES string of the molecule is O=C(CN1CCCN(C(=O)C(F)c2ccccc2)CC1)Nc1ccc(F)cc1. The minimum Gasteiger partial charge on any atom is -0.339 e. The minimum atomic E-state index is -1.67. The van der Waals surface area contributed by atoms with Gasteiger partial charge in [-0.3, -0.25) is 14.5 Å². The molecule has 7 heteroatoms. The topological polar surface area (TPSA) is 52.7 Å². The summed E-state index contributed by atoms with van der Waals surface area (Å²) in [6, 6.07) is 14.0. The monoisotopic (exact) mass is 387 g/mol. The molecule has 0 radical (unpaired) electrons. The van der Waals surface area contributed by atoms with E-state index < -0.39 is 12.1 Å². The van der Waals surface area contributed by atoms with Crippen LogP contribution in [0.4, 0.5) is 14.5 Å². The third-order valence-corrected chi connectivity index (χ3v) is 4.70. The van der Waals surface area contributed by atoms with Crippen LogP contribution in [-0.4, -0.2) is 54.3 Å². The number of halogens is 2. The summed E-state index contributed by atoms with van der Waals surface area (Å²) in [5.41, 5.74) is 0.883. The number of anilines is 1. The Morgan fingerprint density at radius 3 is 2.39 bits per heavy atom. The lowest BCUT2D eigenvalue weighted by Crippen LogP contribution is -2.39. The Hall–Kier alpha value is -2.80. The molecule has 0 bridgehead atoms. The third kappa shape index (κ3) is 5.36. The first kappa shape index (κ1) is 19.9. The predicted octanol–water partition coefficient (Wildman–Crippen LogP) is 3.01. The summed E-state index contributed by atoms with van der Waals surface area (Å²) >= 11 is 0. The Labute approximate surface area is 162 Å². The van der Waals surface area contributed by atoms with Crippen LogP contribution in [0, 0.1) is 5.82 Å². The summed E-state index contributed by atoms with van der Waals surface area (Å²) in [5, 5.41) is 2.72. The molecule has 1 unspecified atom stereocenters. The molecule has 148 valence electrons. The molecule has 0 aliphatic carbocycles. The molecule has 3 rings (SSSR count). The van der Waals surface area contributed by atoms with E-state index in [1.165, 1.54) is 29.2 Å². The van der Waals surface area contributed by atoms with Crippen LogP contribution in [-0.2, 0) is 9.59 Å². The van der Waals surface area contributed by atoms with E-state index in [1.807, 2.05) is 4.90 Å². The lowest BCUT2D eigenvalue weighted by atomic mass is 10.1. The highest BCUT2D eigenvalue weighted by atomic mass is 19.1. The van der Waals surface area contributed by atoms with E-state index in [0.717, 1.165) is 0 Å². The van der Waals surface area contributed by atoms with E-state index in [1.54, 1.807) is 30.3 Å². The number of nitrogens with one attached hydrogen (secondary N) is 1. The Morgan fingerprint density at radius 2 is 1.68 bits per heavy atom. The van der Waals surface area contributed by atoms with Crippen molar-refractivity contribution < 1.29 is 18.4 Å². The van der Waals surface area contributed by atoms with E-state index in [-0.39, 0.29) is 18.3 Å². The van der Waals surface area contributed by atoms with E-state index >= 15 is 0 Å². The summed E-state index contributed by atoms with van der Waals surface area (Å²) in [4.78, 5) is 28.1. The van der Waals surface area contributed by atoms with Crippen molar-refractivity contribution in [3.8, 4) is 0 Å². The van der Waals surface area contributed by atoms with Crippen molar-refractivity contribution in [2.75, 3.05) is 38.0 Å².